The maximum atomic E-state index is 6.00. The molecule has 0 radical (unpaired) electrons. The fourth-order valence-corrected chi connectivity index (χ4v) is 7.31. The molecule has 43 heavy (non-hydrogen) atoms. The van der Waals surface area contributed by atoms with Gasteiger partial charge in [-0.2, -0.15) is 0 Å². The molecule has 0 aliphatic carbocycles. The fraction of sp³-hybridized carbons (Fsp3) is 0.684. The van der Waals surface area contributed by atoms with Crippen LogP contribution in [0, 0.1) is 5.92 Å². The summed E-state index contributed by atoms with van der Waals surface area (Å²) in [6, 6.07) is 17.9. The Hall–Kier alpha value is -1.77. The van der Waals surface area contributed by atoms with E-state index in [1.807, 2.05) is 0 Å². The standard InChI is InChI=1S/C38H62N2O2P/c1-5-6-7-8-9-10-30-41-37-17-13-34(14-18-37)35-23-26-39(27-24-35)25-11-12-33-21-28-40(29-22-33)36-15-19-38(20-16-36)42-31-32-43(2,3)4/h13-20,33,35H,5-12,21-32H2,1-4H3/q+1. The van der Waals surface area contributed by atoms with Crippen LogP contribution in [0.2, 0.25) is 0 Å². The molecule has 2 fully saturated rings. The van der Waals surface area contributed by atoms with Crippen molar-refractivity contribution in [2.45, 2.75) is 89.9 Å². The van der Waals surface area contributed by atoms with Crippen LogP contribution in [-0.4, -0.2) is 77.0 Å². The molecular formula is C38H62N2O2P+. The van der Waals surface area contributed by atoms with Crippen molar-refractivity contribution in [3.05, 3.63) is 54.1 Å². The summed E-state index contributed by atoms with van der Waals surface area (Å²) < 4.78 is 12.0. The Balaban J connectivity index is 1.05. The monoisotopic (exact) mass is 609 g/mol. The van der Waals surface area contributed by atoms with E-state index < -0.39 is 7.26 Å². The highest BCUT2D eigenvalue weighted by Crippen LogP contribution is 2.45. The van der Waals surface area contributed by atoms with Crippen molar-refractivity contribution in [3.8, 4) is 11.5 Å². The summed E-state index contributed by atoms with van der Waals surface area (Å²) in [6.07, 6.45) is 17.0. The van der Waals surface area contributed by atoms with E-state index >= 15 is 0 Å². The van der Waals surface area contributed by atoms with Crippen molar-refractivity contribution in [1.82, 2.24) is 4.90 Å². The molecule has 0 atom stereocenters. The zero-order valence-electron chi connectivity index (χ0n) is 28.1. The van der Waals surface area contributed by atoms with Gasteiger partial charge in [-0.05, 0) is 118 Å². The second-order valence-electron chi connectivity index (χ2n) is 14.2. The van der Waals surface area contributed by atoms with Gasteiger partial charge in [0.2, 0.25) is 0 Å². The van der Waals surface area contributed by atoms with Crippen molar-refractivity contribution < 1.29 is 9.47 Å². The molecule has 4 nitrogen and oxygen atoms in total. The average Bonchev–Trinajstić information content (AvgIpc) is 3.01. The second-order valence-corrected chi connectivity index (χ2v) is 19.3. The van der Waals surface area contributed by atoms with E-state index in [0.717, 1.165) is 30.6 Å². The number of nitrogens with zero attached hydrogens (tertiary/aromatic N) is 2. The van der Waals surface area contributed by atoms with Gasteiger partial charge in [-0.1, -0.05) is 51.2 Å². The minimum atomic E-state index is -0.768. The fourth-order valence-electron chi connectivity index (χ4n) is 6.67. The molecule has 4 rings (SSSR count). The van der Waals surface area contributed by atoms with Crippen LogP contribution in [0.25, 0.3) is 0 Å². The zero-order valence-corrected chi connectivity index (χ0v) is 29.0. The van der Waals surface area contributed by atoms with Crippen LogP contribution in [0.3, 0.4) is 0 Å². The van der Waals surface area contributed by atoms with Crippen LogP contribution in [-0.2, 0) is 0 Å². The first-order chi connectivity index (χ1) is 20.9. The first kappa shape index (κ1) is 34.1. The number of likely N-dealkylation sites (tertiary alicyclic amines) is 1. The van der Waals surface area contributed by atoms with Gasteiger partial charge >= 0.3 is 0 Å². The van der Waals surface area contributed by atoms with Crippen LogP contribution in [0.1, 0.15) is 95.5 Å². The van der Waals surface area contributed by atoms with Crippen LogP contribution in [0.4, 0.5) is 5.69 Å². The van der Waals surface area contributed by atoms with Gasteiger partial charge in [0, 0.05) is 46.0 Å². The van der Waals surface area contributed by atoms with Gasteiger partial charge < -0.3 is 19.3 Å². The Bertz CT molecular complexity index is 1000. The number of hydrogen-bond donors (Lipinski definition) is 0. The molecule has 2 aromatic carbocycles. The summed E-state index contributed by atoms with van der Waals surface area (Å²) in [4.78, 5) is 5.29. The lowest BCUT2D eigenvalue weighted by atomic mass is 9.89. The van der Waals surface area contributed by atoms with E-state index in [4.69, 9.17) is 9.47 Å². The third-order valence-corrected chi connectivity index (χ3v) is 11.2. The lowest BCUT2D eigenvalue weighted by Gasteiger charge is -2.35. The molecule has 2 saturated heterocycles. The van der Waals surface area contributed by atoms with Crippen LogP contribution >= 0.6 is 7.26 Å². The molecule has 0 N–H and O–H groups in total. The Morgan fingerprint density at radius 2 is 1.28 bits per heavy atom. The molecule has 5 heteroatoms. The summed E-state index contributed by atoms with van der Waals surface area (Å²) in [5.74, 6) is 3.64. The number of unbranched alkanes of at least 4 members (excludes halogenated alkanes) is 5. The minimum absolute atomic E-state index is 0.707. The van der Waals surface area contributed by atoms with Gasteiger partial charge in [0.15, 0.2) is 0 Å². The molecule has 0 bridgehead atoms. The first-order valence-electron chi connectivity index (χ1n) is 17.6. The lowest BCUT2D eigenvalue weighted by molar-refractivity contribution is 0.202. The summed E-state index contributed by atoms with van der Waals surface area (Å²) in [5.41, 5.74) is 2.86. The normalized spacial score (nSPS) is 17.3. The molecule has 2 aliphatic rings. The van der Waals surface area contributed by atoms with Gasteiger partial charge in [0.1, 0.15) is 18.1 Å². The summed E-state index contributed by atoms with van der Waals surface area (Å²) >= 11 is 0. The number of rotatable bonds is 18. The largest absolute Gasteiger partial charge is 0.494 e. The maximum absolute atomic E-state index is 6.00. The summed E-state index contributed by atoms with van der Waals surface area (Å²) in [6.45, 7) is 17.2. The SMILES string of the molecule is CCCCCCCCOc1ccc(C2CCN(CCCC3CCN(c4ccc(OCC[P+](C)(C)C)cc4)CC3)CC2)cc1. The summed E-state index contributed by atoms with van der Waals surface area (Å²) in [7, 11) is -0.768. The Morgan fingerprint density at radius 3 is 1.93 bits per heavy atom. The predicted molar refractivity (Wildman–Crippen MR) is 189 cm³/mol. The van der Waals surface area contributed by atoms with Gasteiger partial charge in [0.05, 0.1) is 12.8 Å². The molecular weight excluding hydrogens is 547 g/mol. The Labute approximate surface area is 265 Å². The van der Waals surface area contributed by atoms with Crippen molar-refractivity contribution in [2.75, 3.05) is 77.0 Å². The van der Waals surface area contributed by atoms with E-state index in [9.17, 15) is 0 Å². The molecule has 0 unspecified atom stereocenters. The number of benzene rings is 2. The predicted octanol–water partition coefficient (Wildman–Crippen LogP) is 9.59. The van der Waals surface area contributed by atoms with Crippen molar-refractivity contribution in [3.63, 3.8) is 0 Å². The molecule has 0 spiro atoms. The third-order valence-electron chi connectivity index (χ3n) is 9.64. The van der Waals surface area contributed by atoms with Crippen molar-refractivity contribution in [2.24, 2.45) is 5.92 Å². The third kappa shape index (κ3) is 12.6. The van der Waals surface area contributed by atoms with Gasteiger partial charge in [-0.15, -0.1) is 0 Å². The number of anilines is 1. The Kier molecular flexibility index (Phi) is 14.5. The van der Waals surface area contributed by atoms with E-state index in [1.54, 1.807) is 0 Å². The number of hydrogen-bond acceptors (Lipinski definition) is 4. The van der Waals surface area contributed by atoms with Gasteiger partial charge in [-0.25, -0.2) is 0 Å². The van der Waals surface area contributed by atoms with E-state index in [-0.39, 0.29) is 0 Å². The van der Waals surface area contributed by atoms with Crippen LogP contribution < -0.4 is 14.4 Å². The minimum Gasteiger partial charge on any atom is -0.494 e. The quantitative estimate of drug-likeness (QED) is 0.124. The number of ether oxygens (including phenoxy) is 2. The lowest BCUT2D eigenvalue weighted by Crippen LogP contribution is -2.35. The molecule has 0 amide bonds. The van der Waals surface area contributed by atoms with Crippen LogP contribution in [0.5, 0.6) is 11.5 Å². The second kappa shape index (κ2) is 18.3. The van der Waals surface area contributed by atoms with Crippen LogP contribution in [0.15, 0.2) is 48.5 Å². The van der Waals surface area contributed by atoms with Gasteiger partial charge in [0.25, 0.3) is 0 Å². The van der Waals surface area contributed by atoms with Crippen molar-refractivity contribution >= 4 is 12.9 Å². The highest BCUT2D eigenvalue weighted by atomic mass is 31.2. The molecule has 2 aliphatic heterocycles. The average molecular weight is 610 g/mol. The first-order valence-corrected chi connectivity index (χ1v) is 20.9. The molecule has 2 aromatic rings. The molecule has 0 saturated carbocycles. The Morgan fingerprint density at radius 1 is 0.674 bits per heavy atom. The maximum Gasteiger partial charge on any atom is 0.122 e. The molecule has 2 heterocycles. The topological polar surface area (TPSA) is 24.9 Å². The molecule has 0 aromatic heterocycles. The summed E-state index contributed by atoms with van der Waals surface area (Å²) in [5, 5.41) is 0. The van der Waals surface area contributed by atoms with E-state index in [2.05, 4.69) is 85.2 Å². The zero-order chi connectivity index (χ0) is 30.3. The highest BCUT2D eigenvalue weighted by Gasteiger charge is 2.23. The molecule has 240 valence electrons. The van der Waals surface area contributed by atoms with Gasteiger partial charge in [-0.3, -0.25) is 0 Å². The van der Waals surface area contributed by atoms with Crippen molar-refractivity contribution in [1.29, 1.82) is 0 Å². The van der Waals surface area contributed by atoms with E-state index in [1.165, 1.54) is 127 Å². The number of piperidine rings is 2. The smallest absolute Gasteiger partial charge is 0.122 e. The highest BCUT2D eigenvalue weighted by molar-refractivity contribution is 7.73. The van der Waals surface area contributed by atoms with E-state index in [0.29, 0.717) is 5.92 Å².